The number of carbonyl (C=O) groups excluding carboxylic acids is 2. The Hall–Kier alpha value is -2.24. The molecule has 1 aliphatic rings. The number of hydrogen-bond acceptors (Lipinski definition) is 3. The quantitative estimate of drug-likeness (QED) is 0.840. The summed E-state index contributed by atoms with van der Waals surface area (Å²) in [6, 6.07) is 7.05. The van der Waals surface area contributed by atoms with Crippen LogP contribution in [-0.4, -0.2) is 43.6 Å². The third kappa shape index (κ3) is 2.22. The average molecular weight is 249 g/mol. The Morgan fingerprint density at radius 3 is 2.78 bits per heavy atom. The Bertz CT molecular complexity index is 475. The Morgan fingerprint density at radius 2 is 2.11 bits per heavy atom. The van der Waals surface area contributed by atoms with E-state index in [1.807, 2.05) is 18.2 Å². The molecule has 2 rings (SSSR count). The molecule has 6 heteroatoms. The normalized spacial score (nSPS) is 15.1. The van der Waals surface area contributed by atoms with Crippen molar-refractivity contribution in [3.63, 3.8) is 0 Å². The first-order chi connectivity index (χ1) is 8.63. The van der Waals surface area contributed by atoms with Crippen LogP contribution in [0.3, 0.4) is 0 Å². The fraction of sp³-hybridized carbons (Fsp3) is 0.333. The average Bonchev–Trinajstić information content (AvgIpc) is 2.70. The highest BCUT2D eigenvalue weighted by molar-refractivity contribution is 5.97. The van der Waals surface area contributed by atoms with Gasteiger partial charge in [0.25, 0.3) is 0 Å². The minimum atomic E-state index is -0.509. The van der Waals surface area contributed by atoms with E-state index >= 15 is 0 Å². The zero-order valence-electron chi connectivity index (χ0n) is 10.1. The van der Waals surface area contributed by atoms with E-state index in [0.717, 1.165) is 0 Å². The summed E-state index contributed by atoms with van der Waals surface area (Å²) >= 11 is 0. The summed E-state index contributed by atoms with van der Waals surface area (Å²) in [6.45, 7) is 0.955. The second kappa shape index (κ2) is 4.95. The van der Waals surface area contributed by atoms with Crippen LogP contribution < -0.4 is 15.4 Å². The highest BCUT2D eigenvalue weighted by Crippen LogP contribution is 2.30. The van der Waals surface area contributed by atoms with Crippen LogP contribution in [0.25, 0.3) is 0 Å². The molecular weight excluding hydrogens is 234 g/mol. The number of para-hydroxylation sites is 2. The molecule has 0 aromatic heterocycles. The van der Waals surface area contributed by atoms with Gasteiger partial charge >= 0.3 is 6.03 Å². The molecule has 1 aliphatic heterocycles. The van der Waals surface area contributed by atoms with Gasteiger partial charge in [0, 0.05) is 13.1 Å². The van der Waals surface area contributed by atoms with Crippen LogP contribution in [0.2, 0.25) is 0 Å². The number of carbonyl (C=O) groups is 2. The second-order valence-electron chi connectivity index (χ2n) is 3.99. The first kappa shape index (κ1) is 12.2. The summed E-state index contributed by atoms with van der Waals surface area (Å²) in [5, 5.41) is 0. The number of amides is 3. The Morgan fingerprint density at radius 1 is 1.39 bits per heavy atom. The molecule has 1 saturated heterocycles. The van der Waals surface area contributed by atoms with Gasteiger partial charge in [0.15, 0.2) is 0 Å². The van der Waals surface area contributed by atoms with Crippen molar-refractivity contribution < 1.29 is 14.3 Å². The van der Waals surface area contributed by atoms with Gasteiger partial charge in [0.05, 0.1) is 12.8 Å². The summed E-state index contributed by atoms with van der Waals surface area (Å²) in [7, 11) is 1.56. The molecule has 0 unspecified atom stereocenters. The van der Waals surface area contributed by atoms with Gasteiger partial charge in [-0.1, -0.05) is 12.1 Å². The van der Waals surface area contributed by atoms with E-state index in [4.69, 9.17) is 10.5 Å². The van der Waals surface area contributed by atoms with Crippen molar-refractivity contribution in [2.75, 3.05) is 31.6 Å². The Labute approximate surface area is 105 Å². The Balaban J connectivity index is 2.20. The van der Waals surface area contributed by atoms with Crippen molar-refractivity contribution in [2.45, 2.75) is 0 Å². The summed E-state index contributed by atoms with van der Waals surface area (Å²) in [5.41, 5.74) is 5.80. The first-order valence-corrected chi connectivity index (χ1v) is 5.61. The molecule has 18 heavy (non-hydrogen) atoms. The molecule has 1 aromatic rings. The molecule has 0 radical (unpaired) electrons. The molecule has 1 aromatic carbocycles. The predicted molar refractivity (Wildman–Crippen MR) is 66.5 cm³/mol. The lowest BCUT2D eigenvalue weighted by atomic mass is 10.2. The zero-order chi connectivity index (χ0) is 13.1. The molecule has 1 fully saturated rings. The molecule has 3 amide bonds. The monoisotopic (exact) mass is 249 g/mol. The van der Waals surface area contributed by atoms with Crippen molar-refractivity contribution in [3.05, 3.63) is 24.3 Å². The number of benzene rings is 1. The van der Waals surface area contributed by atoms with Gasteiger partial charge < -0.3 is 15.4 Å². The third-order valence-corrected chi connectivity index (χ3v) is 2.82. The van der Waals surface area contributed by atoms with Crippen LogP contribution in [0.5, 0.6) is 5.75 Å². The molecule has 0 bridgehead atoms. The number of rotatable bonds is 4. The van der Waals surface area contributed by atoms with Crippen LogP contribution in [0, 0.1) is 0 Å². The first-order valence-electron chi connectivity index (χ1n) is 5.61. The lowest BCUT2D eigenvalue weighted by molar-refractivity contribution is -0.118. The van der Waals surface area contributed by atoms with Crippen molar-refractivity contribution in [3.8, 4) is 5.75 Å². The van der Waals surface area contributed by atoms with Gasteiger partial charge in [-0.25, -0.2) is 4.79 Å². The highest BCUT2D eigenvalue weighted by atomic mass is 16.5. The van der Waals surface area contributed by atoms with E-state index in [2.05, 4.69) is 0 Å². The van der Waals surface area contributed by atoms with Gasteiger partial charge in [0.1, 0.15) is 12.3 Å². The molecule has 96 valence electrons. The molecule has 6 nitrogen and oxygen atoms in total. The minimum absolute atomic E-state index is 0.0511. The molecule has 0 atom stereocenters. The molecule has 0 saturated carbocycles. The minimum Gasteiger partial charge on any atom is -0.495 e. The van der Waals surface area contributed by atoms with Crippen molar-refractivity contribution in [1.29, 1.82) is 0 Å². The van der Waals surface area contributed by atoms with E-state index < -0.39 is 5.91 Å². The van der Waals surface area contributed by atoms with Crippen LogP contribution in [0.15, 0.2) is 24.3 Å². The smallest absolute Gasteiger partial charge is 0.325 e. The van der Waals surface area contributed by atoms with Crippen molar-refractivity contribution in [2.24, 2.45) is 5.73 Å². The predicted octanol–water partition coefficient (Wildman–Crippen LogP) is 0.422. The summed E-state index contributed by atoms with van der Waals surface area (Å²) in [4.78, 5) is 26.0. The van der Waals surface area contributed by atoms with E-state index in [9.17, 15) is 9.59 Å². The lowest BCUT2D eigenvalue weighted by Crippen LogP contribution is -2.37. The maximum Gasteiger partial charge on any atom is 0.325 e. The summed E-state index contributed by atoms with van der Waals surface area (Å²) < 4.78 is 5.22. The highest BCUT2D eigenvalue weighted by Gasteiger charge is 2.31. The number of methoxy groups -OCH3 is 1. The fourth-order valence-electron chi connectivity index (χ4n) is 1.99. The van der Waals surface area contributed by atoms with E-state index in [1.54, 1.807) is 18.1 Å². The molecular formula is C12H15N3O3. The molecule has 0 aliphatic carbocycles. The van der Waals surface area contributed by atoms with Crippen molar-refractivity contribution in [1.82, 2.24) is 4.90 Å². The summed E-state index contributed by atoms with van der Waals surface area (Å²) in [6.07, 6.45) is 0. The standard InChI is InChI=1S/C12H15N3O3/c1-18-10-5-3-2-4-9(10)15-7-6-14(12(15)17)8-11(13)16/h2-5H,6-8H2,1H3,(H2,13,16). The van der Waals surface area contributed by atoms with Crippen LogP contribution >= 0.6 is 0 Å². The number of nitrogens with zero attached hydrogens (tertiary/aromatic N) is 2. The van der Waals surface area contributed by atoms with Gasteiger partial charge in [-0.2, -0.15) is 0 Å². The van der Waals surface area contributed by atoms with Crippen LogP contribution in [0.1, 0.15) is 0 Å². The third-order valence-electron chi connectivity index (χ3n) is 2.82. The van der Waals surface area contributed by atoms with E-state index in [0.29, 0.717) is 24.5 Å². The maximum absolute atomic E-state index is 12.1. The van der Waals surface area contributed by atoms with Gasteiger partial charge in [-0.15, -0.1) is 0 Å². The Kier molecular flexibility index (Phi) is 3.36. The number of hydrogen-bond donors (Lipinski definition) is 1. The van der Waals surface area contributed by atoms with Crippen LogP contribution in [0.4, 0.5) is 10.5 Å². The second-order valence-corrected chi connectivity index (χ2v) is 3.99. The van der Waals surface area contributed by atoms with Gasteiger partial charge in [0.2, 0.25) is 5.91 Å². The van der Waals surface area contributed by atoms with E-state index in [-0.39, 0.29) is 12.6 Å². The molecule has 0 spiro atoms. The number of ether oxygens (including phenoxy) is 1. The van der Waals surface area contributed by atoms with Crippen molar-refractivity contribution >= 4 is 17.6 Å². The topological polar surface area (TPSA) is 75.9 Å². The molecule has 1 heterocycles. The van der Waals surface area contributed by atoms with E-state index in [1.165, 1.54) is 4.90 Å². The SMILES string of the molecule is COc1ccccc1N1CCN(CC(N)=O)C1=O. The number of nitrogens with two attached hydrogens (primary N) is 1. The number of anilines is 1. The zero-order valence-corrected chi connectivity index (χ0v) is 10.1. The number of urea groups is 1. The van der Waals surface area contributed by atoms with Gasteiger partial charge in [-0.05, 0) is 12.1 Å². The summed E-state index contributed by atoms with van der Waals surface area (Å²) in [5.74, 6) is 0.122. The van der Waals surface area contributed by atoms with Gasteiger partial charge in [-0.3, -0.25) is 9.69 Å². The number of primary amides is 1. The largest absolute Gasteiger partial charge is 0.495 e. The van der Waals surface area contributed by atoms with Crippen LogP contribution in [-0.2, 0) is 4.79 Å². The lowest BCUT2D eigenvalue weighted by Gasteiger charge is -2.19. The fourth-order valence-corrected chi connectivity index (χ4v) is 1.99. The maximum atomic E-state index is 12.1. The molecule has 2 N–H and O–H groups in total.